The van der Waals surface area contributed by atoms with Crippen LogP contribution in [0.25, 0.3) is 10.9 Å². The van der Waals surface area contributed by atoms with Crippen molar-refractivity contribution in [1.29, 1.82) is 0 Å². The van der Waals surface area contributed by atoms with Gasteiger partial charge in [0.1, 0.15) is 12.1 Å². The molecule has 0 radical (unpaired) electrons. The number of hydrogen-bond donors (Lipinski definition) is 1. The van der Waals surface area contributed by atoms with Crippen molar-refractivity contribution in [1.82, 2.24) is 20.2 Å². The second-order valence-electron chi connectivity index (χ2n) is 5.76. The third kappa shape index (κ3) is 3.58. The van der Waals surface area contributed by atoms with E-state index in [1.807, 2.05) is 12.1 Å². The van der Waals surface area contributed by atoms with E-state index >= 15 is 0 Å². The fourth-order valence-electron chi connectivity index (χ4n) is 2.98. The number of piperazine rings is 1. The van der Waals surface area contributed by atoms with Gasteiger partial charge in [-0.25, -0.2) is 9.97 Å². The number of nitrogens with zero attached hydrogens (tertiary/aromatic N) is 4. The highest BCUT2D eigenvalue weighted by Gasteiger charge is 2.22. The first kappa shape index (κ1) is 18.0. The number of nitrogens with one attached hydrogen (secondary N) is 1. The molecule has 0 atom stereocenters. The number of anilines is 1. The molecule has 26 heavy (non-hydrogen) atoms. The van der Waals surface area contributed by atoms with Gasteiger partial charge in [-0.1, -0.05) is 5.92 Å². The summed E-state index contributed by atoms with van der Waals surface area (Å²) in [4.78, 5) is 13.2. The maximum atomic E-state index is 5.42. The molecule has 7 nitrogen and oxygen atoms in total. The van der Waals surface area contributed by atoms with Crippen molar-refractivity contribution in [3.05, 3.63) is 18.5 Å². The Balaban J connectivity index is 1.81. The molecule has 1 aromatic heterocycles. The molecule has 8 heteroatoms. The Morgan fingerprint density at radius 2 is 1.88 bits per heavy atom. The van der Waals surface area contributed by atoms with Gasteiger partial charge in [-0.05, 0) is 18.3 Å². The number of rotatable bonds is 4. The number of benzene rings is 1. The molecule has 0 bridgehead atoms. The van der Waals surface area contributed by atoms with Crippen LogP contribution in [0.5, 0.6) is 11.5 Å². The van der Waals surface area contributed by atoms with Crippen molar-refractivity contribution in [2.24, 2.45) is 0 Å². The fraction of sp³-hybridized carbons (Fsp3) is 0.389. The lowest BCUT2D eigenvalue weighted by molar-refractivity contribution is 0.355. The number of aromatic nitrogens is 2. The Morgan fingerprint density at radius 3 is 2.54 bits per heavy atom. The van der Waals surface area contributed by atoms with Gasteiger partial charge in [0.05, 0.1) is 26.3 Å². The minimum absolute atomic E-state index is 0.442. The zero-order valence-corrected chi connectivity index (χ0v) is 15.7. The lowest BCUT2D eigenvalue weighted by atomic mass is 10.2. The maximum absolute atomic E-state index is 5.42. The third-order valence-electron chi connectivity index (χ3n) is 4.33. The fourth-order valence-corrected chi connectivity index (χ4v) is 3.24. The number of terminal acetylenes is 1. The average Bonchev–Trinajstić information content (AvgIpc) is 2.70. The molecule has 1 aliphatic rings. The van der Waals surface area contributed by atoms with Gasteiger partial charge < -0.3 is 24.6 Å². The molecule has 3 rings (SSSR count). The van der Waals surface area contributed by atoms with E-state index in [9.17, 15) is 0 Å². The van der Waals surface area contributed by atoms with E-state index in [1.165, 1.54) is 0 Å². The molecule has 1 fully saturated rings. The highest BCUT2D eigenvalue weighted by molar-refractivity contribution is 7.80. The molecule has 0 spiro atoms. The molecule has 1 aromatic carbocycles. The minimum atomic E-state index is 0.442. The molecule has 1 aliphatic heterocycles. The molecule has 0 saturated carbocycles. The Kier molecular flexibility index (Phi) is 5.58. The van der Waals surface area contributed by atoms with E-state index < -0.39 is 0 Å². The van der Waals surface area contributed by atoms with Crippen LogP contribution in [-0.2, 0) is 0 Å². The van der Waals surface area contributed by atoms with Gasteiger partial charge in [0.25, 0.3) is 0 Å². The highest BCUT2D eigenvalue weighted by atomic mass is 32.1. The van der Waals surface area contributed by atoms with Crippen LogP contribution in [0, 0.1) is 12.3 Å². The molecule has 2 aromatic rings. The summed E-state index contributed by atoms with van der Waals surface area (Å²) in [7, 11) is 3.23. The summed E-state index contributed by atoms with van der Waals surface area (Å²) in [6, 6.07) is 3.80. The SMILES string of the molecule is C#CCNC(=S)N1CCN(c2ncnc3cc(OC)c(OC)cc23)CC1. The standard InChI is InChI=1S/C18H21N5O2S/c1-4-5-19-18(26)23-8-6-22(7-9-23)17-13-10-15(24-2)16(25-3)11-14(13)20-12-21-17/h1,10-12H,5-9H2,2-3H3,(H,19,26). The summed E-state index contributed by atoms with van der Waals surface area (Å²) < 4.78 is 10.8. The van der Waals surface area contributed by atoms with Gasteiger partial charge in [0.2, 0.25) is 0 Å². The zero-order valence-electron chi connectivity index (χ0n) is 14.9. The van der Waals surface area contributed by atoms with E-state index in [4.69, 9.17) is 28.1 Å². The summed E-state index contributed by atoms with van der Waals surface area (Å²) in [6.07, 6.45) is 6.85. The molecule has 1 saturated heterocycles. The van der Waals surface area contributed by atoms with Crippen molar-refractivity contribution in [3.8, 4) is 23.8 Å². The normalized spacial score (nSPS) is 14.0. The van der Waals surface area contributed by atoms with Gasteiger partial charge >= 0.3 is 0 Å². The van der Waals surface area contributed by atoms with Crippen molar-refractivity contribution in [2.45, 2.75) is 0 Å². The number of fused-ring (bicyclic) bond motifs is 1. The number of methoxy groups -OCH3 is 2. The van der Waals surface area contributed by atoms with Gasteiger partial charge in [0, 0.05) is 37.6 Å². The topological polar surface area (TPSA) is 62.8 Å². The zero-order chi connectivity index (χ0) is 18.5. The van der Waals surface area contributed by atoms with Gasteiger partial charge in [-0.2, -0.15) is 0 Å². The van der Waals surface area contributed by atoms with Crippen LogP contribution in [0.4, 0.5) is 5.82 Å². The molecule has 0 amide bonds. The van der Waals surface area contributed by atoms with Crippen LogP contribution in [0.15, 0.2) is 18.5 Å². The van der Waals surface area contributed by atoms with E-state index in [1.54, 1.807) is 20.5 Å². The van der Waals surface area contributed by atoms with Crippen molar-refractivity contribution < 1.29 is 9.47 Å². The van der Waals surface area contributed by atoms with E-state index in [2.05, 4.69) is 31.0 Å². The van der Waals surface area contributed by atoms with Crippen molar-refractivity contribution >= 4 is 34.1 Å². The quantitative estimate of drug-likeness (QED) is 0.637. The molecule has 0 aliphatic carbocycles. The molecule has 2 heterocycles. The van der Waals surface area contributed by atoms with E-state index in [0.717, 1.165) is 42.9 Å². The monoisotopic (exact) mass is 371 g/mol. The van der Waals surface area contributed by atoms with Crippen molar-refractivity contribution in [2.75, 3.05) is 51.8 Å². The number of thiocarbonyl (C=S) groups is 1. The van der Waals surface area contributed by atoms with Gasteiger partial charge in [-0.3, -0.25) is 0 Å². The summed E-state index contributed by atoms with van der Waals surface area (Å²) in [5.41, 5.74) is 0.821. The third-order valence-corrected chi connectivity index (χ3v) is 4.73. The summed E-state index contributed by atoms with van der Waals surface area (Å²) in [5.74, 6) is 4.74. The second kappa shape index (κ2) is 8.06. The van der Waals surface area contributed by atoms with Crippen LogP contribution in [0.1, 0.15) is 0 Å². The van der Waals surface area contributed by atoms with E-state index in [-0.39, 0.29) is 0 Å². The second-order valence-corrected chi connectivity index (χ2v) is 6.15. The van der Waals surface area contributed by atoms with Crippen LogP contribution in [-0.4, -0.2) is 66.9 Å². The Morgan fingerprint density at radius 1 is 1.19 bits per heavy atom. The van der Waals surface area contributed by atoms with E-state index in [0.29, 0.717) is 23.2 Å². The lowest BCUT2D eigenvalue weighted by Crippen LogP contribution is -2.52. The predicted octanol–water partition coefficient (Wildman–Crippen LogP) is 1.28. The summed E-state index contributed by atoms with van der Waals surface area (Å²) >= 11 is 5.38. The highest BCUT2D eigenvalue weighted by Crippen LogP contribution is 2.34. The van der Waals surface area contributed by atoms with Crippen LogP contribution < -0.4 is 19.7 Å². The van der Waals surface area contributed by atoms with Crippen LogP contribution >= 0.6 is 12.2 Å². The molecular weight excluding hydrogens is 350 g/mol. The van der Waals surface area contributed by atoms with Gasteiger partial charge in [0.15, 0.2) is 16.6 Å². The average molecular weight is 371 g/mol. The summed E-state index contributed by atoms with van der Waals surface area (Å²) in [6.45, 7) is 3.65. The number of hydrogen-bond acceptors (Lipinski definition) is 6. The molecular formula is C18H21N5O2S. The largest absolute Gasteiger partial charge is 0.493 e. The first-order chi connectivity index (χ1) is 12.7. The Labute approximate surface area is 158 Å². The first-order valence-corrected chi connectivity index (χ1v) is 8.66. The molecule has 136 valence electrons. The minimum Gasteiger partial charge on any atom is -0.493 e. The number of ether oxygens (including phenoxy) is 2. The molecule has 1 N–H and O–H groups in total. The van der Waals surface area contributed by atoms with Crippen LogP contribution in [0.3, 0.4) is 0 Å². The lowest BCUT2D eigenvalue weighted by Gasteiger charge is -2.37. The summed E-state index contributed by atoms with van der Waals surface area (Å²) in [5, 5.41) is 4.69. The predicted molar refractivity (Wildman–Crippen MR) is 106 cm³/mol. The smallest absolute Gasteiger partial charge is 0.169 e. The van der Waals surface area contributed by atoms with Crippen LogP contribution in [0.2, 0.25) is 0 Å². The van der Waals surface area contributed by atoms with Gasteiger partial charge in [-0.15, -0.1) is 6.42 Å². The van der Waals surface area contributed by atoms with Crippen molar-refractivity contribution in [3.63, 3.8) is 0 Å². The molecule has 0 unspecified atom stereocenters. The Bertz CT molecular complexity index is 843. The maximum Gasteiger partial charge on any atom is 0.169 e. The Hall–Kier alpha value is -2.79. The first-order valence-electron chi connectivity index (χ1n) is 8.26.